The minimum atomic E-state index is -0.124. The molecule has 58 valence electrons. The van der Waals surface area contributed by atoms with Gasteiger partial charge in [0.05, 0.1) is 0 Å². The van der Waals surface area contributed by atoms with Crippen molar-refractivity contribution in [2.75, 3.05) is 0 Å². The Morgan fingerprint density at radius 3 is 3.18 bits per heavy atom. The standard InChI is InChI=1S/C8H10N2O/c9-10-6-8(11)5-7-3-1-2-4-7/h3,6H,1-2,4-5H2. The van der Waals surface area contributed by atoms with Crippen molar-refractivity contribution < 1.29 is 9.58 Å². The Balaban J connectivity index is 2.41. The summed E-state index contributed by atoms with van der Waals surface area (Å²) in [6, 6.07) is 0. The van der Waals surface area contributed by atoms with Crippen molar-refractivity contribution in [1.82, 2.24) is 0 Å². The second-order valence-electron chi connectivity index (χ2n) is 2.64. The largest absolute Gasteiger partial charge is 0.361 e. The molecule has 0 amide bonds. The van der Waals surface area contributed by atoms with Crippen LogP contribution in [0.5, 0.6) is 0 Å². The van der Waals surface area contributed by atoms with Crippen LogP contribution in [0.25, 0.3) is 5.53 Å². The first-order valence-corrected chi connectivity index (χ1v) is 3.71. The monoisotopic (exact) mass is 150 g/mol. The number of hydrogen-bond donors (Lipinski definition) is 0. The summed E-state index contributed by atoms with van der Waals surface area (Å²) in [5.41, 5.74) is 9.22. The number of carbonyl (C=O) groups excluding carboxylic acids is 1. The zero-order chi connectivity index (χ0) is 8.10. The molecule has 3 heteroatoms. The molecule has 0 aromatic rings. The Hall–Kier alpha value is -1.21. The van der Waals surface area contributed by atoms with E-state index in [-0.39, 0.29) is 5.78 Å². The van der Waals surface area contributed by atoms with Gasteiger partial charge in [0.2, 0.25) is 5.78 Å². The summed E-state index contributed by atoms with van der Waals surface area (Å²) in [4.78, 5) is 13.5. The summed E-state index contributed by atoms with van der Waals surface area (Å²) in [5.74, 6) is -0.124. The fourth-order valence-electron chi connectivity index (χ4n) is 1.23. The van der Waals surface area contributed by atoms with E-state index in [0.29, 0.717) is 6.42 Å². The van der Waals surface area contributed by atoms with Gasteiger partial charge in [-0.25, -0.2) is 0 Å². The molecule has 3 nitrogen and oxygen atoms in total. The quantitative estimate of drug-likeness (QED) is 0.259. The van der Waals surface area contributed by atoms with Crippen molar-refractivity contribution in [3.63, 3.8) is 0 Å². The molecule has 11 heavy (non-hydrogen) atoms. The average Bonchev–Trinajstić information content (AvgIpc) is 2.40. The maximum absolute atomic E-state index is 10.8. The normalized spacial score (nSPS) is 15.5. The summed E-state index contributed by atoms with van der Waals surface area (Å²) in [5, 5.41) is 0. The summed E-state index contributed by atoms with van der Waals surface area (Å²) >= 11 is 0. The molecule has 0 N–H and O–H groups in total. The number of rotatable bonds is 3. The molecule has 1 aliphatic rings. The average molecular weight is 150 g/mol. The van der Waals surface area contributed by atoms with Crippen LogP contribution < -0.4 is 0 Å². The fourth-order valence-corrected chi connectivity index (χ4v) is 1.23. The predicted octanol–water partition coefficient (Wildman–Crippen LogP) is 1.36. The Labute approximate surface area is 65.3 Å². The van der Waals surface area contributed by atoms with Crippen LogP contribution >= 0.6 is 0 Å². The first kappa shape index (κ1) is 7.89. The highest BCUT2D eigenvalue weighted by atomic mass is 16.1. The number of Topliss-reactive ketones (excluding diaryl/α,β-unsaturated/α-hetero) is 1. The molecule has 1 aliphatic carbocycles. The molecule has 0 aromatic heterocycles. The Kier molecular flexibility index (Phi) is 2.75. The predicted molar refractivity (Wildman–Crippen MR) is 41.2 cm³/mol. The highest BCUT2D eigenvalue weighted by molar-refractivity contribution is 6.25. The summed E-state index contributed by atoms with van der Waals surface area (Å²) < 4.78 is 0. The highest BCUT2D eigenvalue weighted by Crippen LogP contribution is 2.19. The van der Waals surface area contributed by atoms with Gasteiger partial charge in [0, 0.05) is 6.42 Å². The van der Waals surface area contributed by atoms with Crippen molar-refractivity contribution in [3.05, 3.63) is 17.2 Å². The van der Waals surface area contributed by atoms with Gasteiger partial charge in [-0.3, -0.25) is 4.79 Å². The van der Waals surface area contributed by atoms with Crippen LogP contribution in [0.15, 0.2) is 11.6 Å². The summed E-state index contributed by atoms with van der Waals surface area (Å²) in [6.07, 6.45) is 6.72. The van der Waals surface area contributed by atoms with Gasteiger partial charge >= 0.3 is 6.21 Å². The van der Waals surface area contributed by atoms with E-state index in [2.05, 4.69) is 10.9 Å². The molecule has 1 rings (SSSR count). The van der Waals surface area contributed by atoms with Gasteiger partial charge in [0.25, 0.3) is 0 Å². The lowest BCUT2D eigenvalue weighted by molar-refractivity contribution is -0.115. The van der Waals surface area contributed by atoms with Crippen molar-refractivity contribution in [2.24, 2.45) is 0 Å². The Morgan fingerprint density at radius 1 is 1.82 bits per heavy atom. The van der Waals surface area contributed by atoms with Crippen molar-refractivity contribution in [1.29, 1.82) is 0 Å². The Morgan fingerprint density at radius 2 is 2.64 bits per heavy atom. The zero-order valence-corrected chi connectivity index (χ0v) is 6.29. The third-order valence-corrected chi connectivity index (χ3v) is 1.74. The smallest absolute Gasteiger partial charge is 0.323 e. The third kappa shape index (κ3) is 2.48. The minimum absolute atomic E-state index is 0.124. The maximum Gasteiger partial charge on any atom is 0.323 e. The van der Waals surface area contributed by atoms with Crippen LogP contribution in [-0.4, -0.2) is 16.8 Å². The van der Waals surface area contributed by atoms with Crippen LogP contribution in [0, 0.1) is 0 Å². The van der Waals surface area contributed by atoms with E-state index in [4.69, 9.17) is 5.53 Å². The molecule has 0 aliphatic heterocycles. The van der Waals surface area contributed by atoms with Gasteiger partial charge < -0.3 is 5.53 Å². The van der Waals surface area contributed by atoms with Crippen LogP contribution in [-0.2, 0) is 4.79 Å². The van der Waals surface area contributed by atoms with Gasteiger partial charge in [-0.2, -0.15) is 4.79 Å². The Bertz CT molecular complexity index is 236. The molecular weight excluding hydrogens is 140 g/mol. The van der Waals surface area contributed by atoms with Crippen molar-refractivity contribution in [3.8, 4) is 0 Å². The number of nitrogens with zero attached hydrogens (tertiary/aromatic N) is 2. The SMILES string of the molecule is [N-]=[N+]=CC(=O)CC1=CCCC1. The molecule has 0 bridgehead atoms. The lowest BCUT2D eigenvalue weighted by atomic mass is 10.1. The van der Waals surface area contributed by atoms with Crippen LogP contribution in [0.3, 0.4) is 0 Å². The molecule has 0 radical (unpaired) electrons. The number of hydrogen-bond acceptors (Lipinski definition) is 1. The first-order valence-electron chi connectivity index (χ1n) is 3.71. The zero-order valence-electron chi connectivity index (χ0n) is 6.29. The lowest BCUT2D eigenvalue weighted by Crippen LogP contribution is -2.00. The minimum Gasteiger partial charge on any atom is -0.361 e. The topological polar surface area (TPSA) is 53.5 Å². The third-order valence-electron chi connectivity index (χ3n) is 1.74. The highest BCUT2D eigenvalue weighted by Gasteiger charge is 2.09. The molecule has 0 spiro atoms. The second-order valence-corrected chi connectivity index (χ2v) is 2.64. The lowest BCUT2D eigenvalue weighted by Gasteiger charge is -1.91. The number of carbonyl (C=O) groups is 1. The van der Waals surface area contributed by atoms with Crippen LogP contribution in [0.2, 0.25) is 0 Å². The van der Waals surface area contributed by atoms with E-state index in [1.807, 2.05) is 0 Å². The van der Waals surface area contributed by atoms with E-state index >= 15 is 0 Å². The van der Waals surface area contributed by atoms with E-state index in [1.54, 1.807) is 0 Å². The molecule has 0 heterocycles. The number of allylic oxidation sites excluding steroid dienone is 2. The van der Waals surface area contributed by atoms with Gasteiger partial charge in [-0.1, -0.05) is 11.6 Å². The first-order chi connectivity index (χ1) is 5.33. The van der Waals surface area contributed by atoms with Crippen LogP contribution in [0.4, 0.5) is 0 Å². The molecule has 0 atom stereocenters. The maximum atomic E-state index is 10.8. The summed E-state index contributed by atoms with van der Waals surface area (Å²) in [7, 11) is 0. The van der Waals surface area contributed by atoms with E-state index in [1.165, 1.54) is 5.57 Å². The molecule has 0 unspecified atom stereocenters. The second kappa shape index (κ2) is 3.84. The number of ketones is 1. The molecule has 0 aromatic carbocycles. The van der Waals surface area contributed by atoms with E-state index in [9.17, 15) is 4.79 Å². The molecular formula is C8H10N2O. The van der Waals surface area contributed by atoms with Gasteiger partial charge in [-0.15, -0.1) is 0 Å². The molecule has 0 saturated carbocycles. The van der Waals surface area contributed by atoms with Gasteiger partial charge in [-0.05, 0) is 19.3 Å². The van der Waals surface area contributed by atoms with Gasteiger partial charge in [0.15, 0.2) is 0 Å². The van der Waals surface area contributed by atoms with Crippen molar-refractivity contribution >= 4 is 12.0 Å². The molecule has 0 fully saturated rings. The molecule has 0 saturated heterocycles. The van der Waals surface area contributed by atoms with E-state index < -0.39 is 0 Å². The summed E-state index contributed by atoms with van der Waals surface area (Å²) in [6.45, 7) is 0. The van der Waals surface area contributed by atoms with E-state index in [0.717, 1.165) is 25.5 Å². The van der Waals surface area contributed by atoms with Crippen molar-refractivity contribution in [2.45, 2.75) is 25.7 Å². The van der Waals surface area contributed by atoms with Gasteiger partial charge in [0.1, 0.15) is 0 Å². The fraction of sp³-hybridized carbons (Fsp3) is 0.500. The van der Waals surface area contributed by atoms with Crippen LogP contribution in [0.1, 0.15) is 25.7 Å².